The van der Waals surface area contributed by atoms with E-state index in [9.17, 15) is 4.79 Å². The third-order valence-electron chi connectivity index (χ3n) is 2.59. The molecule has 1 aliphatic carbocycles. The minimum absolute atomic E-state index is 0.158. The highest BCUT2D eigenvalue weighted by Gasteiger charge is 2.29. The van der Waals surface area contributed by atoms with Gasteiger partial charge < -0.3 is 4.74 Å². The van der Waals surface area contributed by atoms with Crippen molar-refractivity contribution in [3.05, 3.63) is 29.8 Å². The highest BCUT2D eigenvalue weighted by Crippen LogP contribution is 2.33. The van der Waals surface area contributed by atoms with Crippen LogP contribution in [0.25, 0.3) is 0 Å². The number of Topliss-reactive ketones (excluding diaryl/α,β-unsaturated/α-hetero) is 1. The van der Waals surface area contributed by atoms with Crippen LogP contribution in [0.2, 0.25) is 0 Å². The van der Waals surface area contributed by atoms with Crippen LogP contribution >= 0.6 is 0 Å². The number of carbonyl (C=O) groups excluding carboxylic acids is 1. The van der Waals surface area contributed by atoms with Crippen molar-refractivity contribution in [2.75, 3.05) is 7.11 Å². The van der Waals surface area contributed by atoms with Gasteiger partial charge >= 0.3 is 0 Å². The highest BCUT2D eigenvalue weighted by molar-refractivity contribution is 5.91. The van der Waals surface area contributed by atoms with Gasteiger partial charge in [0, 0.05) is 12.3 Å². The van der Waals surface area contributed by atoms with Crippen LogP contribution in [0.5, 0.6) is 5.75 Å². The summed E-state index contributed by atoms with van der Waals surface area (Å²) in [6.07, 6.45) is 1.75. The number of hydrogen-bond acceptors (Lipinski definition) is 2. The van der Waals surface area contributed by atoms with Gasteiger partial charge in [-0.3, -0.25) is 4.79 Å². The first-order valence-electron chi connectivity index (χ1n) is 4.48. The Bertz CT molecular complexity index is 313. The van der Waals surface area contributed by atoms with E-state index in [1.807, 2.05) is 24.3 Å². The molecule has 1 unspecified atom stereocenters. The minimum atomic E-state index is 0.158. The van der Waals surface area contributed by atoms with Crippen LogP contribution in [0.3, 0.4) is 0 Å². The van der Waals surface area contributed by atoms with Gasteiger partial charge in [0.05, 0.1) is 7.11 Å². The van der Waals surface area contributed by atoms with Gasteiger partial charge in [0.25, 0.3) is 0 Å². The second-order valence-corrected chi connectivity index (χ2v) is 3.33. The monoisotopic (exact) mass is 176 g/mol. The van der Waals surface area contributed by atoms with Gasteiger partial charge in [-0.05, 0) is 24.1 Å². The van der Waals surface area contributed by atoms with Crippen molar-refractivity contribution in [2.24, 2.45) is 0 Å². The largest absolute Gasteiger partial charge is 0.497 e. The zero-order chi connectivity index (χ0) is 9.26. The highest BCUT2D eigenvalue weighted by atomic mass is 16.5. The predicted molar refractivity (Wildman–Crippen MR) is 50.0 cm³/mol. The topological polar surface area (TPSA) is 26.3 Å². The molecule has 1 aromatic rings. The second kappa shape index (κ2) is 3.21. The van der Waals surface area contributed by atoms with E-state index in [0.717, 1.165) is 24.2 Å². The number of methoxy groups -OCH3 is 1. The molecule has 1 aromatic carbocycles. The summed E-state index contributed by atoms with van der Waals surface area (Å²) in [4.78, 5) is 11.2. The Morgan fingerprint density at radius 1 is 1.31 bits per heavy atom. The molecule has 13 heavy (non-hydrogen) atoms. The van der Waals surface area contributed by atoms with Crippen molar-refractivity contribution in [2.45, 2.75) is 18.8 Å². The van der Waals surface area contributed by atoms with E-state index in [2.05, 4.69) is 0 Å². The molecule has 2 heteroatoms. The molecule has 1 atom stereocenters. The van der Waals surface area contributed by atoms with E-state index >= 15 is 0 Å². The fourth-order valence-electron chi connectivity index (χ4n) is 1.60. The summed E-state index contributed by atoms with van der Waals surface area (Å²) in [7, 11) is 1.64. The van der Waals surface area contributed by atoms with Gasteiger partial charge in [-0.2, -0.15) is 0 Å². The molecule has 68 valence electrons. The van der Waals surface area contributed by atoms with Crippen LogP contribution in [-0.2, 0) is 4.79 Å². The first-order chi connectivity index (χ1) is 6.31. The van der Waals surface area contributed by atoms with Crippen molar-refractivity contribution in [3.8, 4) is 5.75 Å². The molecule has 0 aromatic heterocycles. The zero-order valence-corrected chi connectivity index (χ0v) is 7.62. The summed E-state index contributed by atoms with van der Waals surface area (Å²) >= 11 is 0. The molecule has 1 aliphatic rings. The maximum atomic E-state index is 11.2. The van der Waals surface area contributed by atoms with Crippen molar-refractivity contribution in [1.29, 1.82) is 0 Å². The molecule has 0 amide bonds. The summed E-state index contributed by atoms with van der Waals surface area (Å²) in [6.45, 7) is 0. The summed E-state index contributed by atoms with van der Waals surface area (Å²) in [5.74, 6) is 1.37. The van der Waals surface area contributed by atoms with Crippen molar-refractivity contribution < 1.29 is 9.53 Å². The zero-order valence-electron chi connectivity index (χ0n) is 7.62. The summed E-state index contributed by atoms with van der Waals surface area (Å²) in [6, 6.07) is 7.75. The van der Waals surface area contributed by atoms with E-state index < -0.39 is 0 Å². The Kier molecular flexibility index (Phi) is 2.05. The van der Waals surface area contributed by atoms with E-state index in [1.165, 1.54) is 0 Å². The van der Waals surface area contributed by atoms with Crippen LogP contribution < -0.4 is 4.74 Å². The van der Waals surface area contributed by atoms with Gasteiger partial charge in [0.1, 0.15) is 11.5 Å². The molecule has 1 saturated carbocycles. The van der Waals surface area contributed by atoms with Gasteiger partial charge in [-0.25, -0.2) is 0 Å². The molecule has 0 bridgehead atoms. The molecular formula is C11H12O2. The standard InChI is InChI=1S/C11H12O2/c1-13-9-4-2-8(3-5-9)10-6-7-11(10)12/h2-5,10H,6-7H2,1H3. The molecule has 2 rings (SSSR count). The average Bonchev–Trinajstić information content (AvgIpc) is 2.17. The first-order valence-corrected chi connectivity index (χ1v) is 4.48. The van der Waals surface area contributed by atoms with Crippen LogP contribution in [0.15, 0.2) is 24.3 Å². The number of rotatable bonds is 2. The van der Waals surface area contributed by atoms with Crippen LogP contribution in [0, 0.1) is 0 Å². The number of benzene rings is 1. The fourth-order valence-corrected chi connectivity index (χ4v) is 1.60. The van der Waals surface area contributed by atoms with Crippen molar-refractivity contribution in [3.63, 3.8) is 0 Å². The summed E-state index contributed by atoms with van der Waals surface area (Å²) in [5.41, 5.74) is 1.12. The van der Waals surface area contributed by atoms with E-state index in [1.54, 1.807) is 7.11 Å². The Morgan fingerprint density at radius 2 is 2.00 bits per heavy atom. The maximum absolute atomic E-state index is 11.2. The Morgan fingerprint density at radius 3 is 2.38 bits per heavy atom. The molecule has 0 saturated heterocycles. The van der Waals surface area contributed by atoms with Gasteiger partial charge in [0.2, 0.25) is 0 Å². The molecule has 0 radical (unpaired) electrons. The second-order valence-electron chi connectivity index (χ2n) is 3.33. The van der Waals surface area contributed by atoms with E-state index in [4.69, 9.17) is 4.74 Å². The van der Waals surface area contributed by atoms with Crippen LogP contribution in [0.1, 0.15) is 24.3 Å². The molecule has 0 N–H and O–H groups in total. The SMILES string of the molecule is COc1ccc(C2CCC2=O)cc1. The first kappa shape index (κ1) is 8.30. The lowest BCUT2D eigenvalue weighted by Crippen LogP contribution is -2.22. The molecule has 2 nitrogen and oxygen atoms in total. The van der Waals surface area contributed by atoms with Gasteiger partial charge in [0.15, 0.2) is 0 Å². The Hall–Kier alpha value is -1.31. The molecule has 1 fully saturated rings. The Balaban J connectivity index is 2.18. The lowest BCUT2D eigenvalue weighted by molar-refractivity contribution is -0.125. The molecule has 0 aliphatic heterocycles. The number of hydrogen-bond donors (Lipinski definition) is 0. The third kappa shape index (κ3) is 1.44. The van der Waals surface area contributed by atoms with E-state index in [0.29, 0.717) is 5.78 Å². The number of ketones is 1. The maximum Gasteiger partial charge on any atom is 0.140 e. The van der Waals surface area contributed by atoms with Crippen LogP contribution in [0.4, 0.5) is 0 Å². The van der Waals surface area contributed by atoms with Gasteiger partial charge in [-0.15, -0.1) is 0 Å². The number of ether oxygens (including phenoxy) is 1. The molecule has 0 heterocycles. The van der Waals surface area contributed by atoms with Crippen molar-refractivity contribution >= 4 is 5.78 Å². The minimum Gasteiger partial charge on any atom is -0.497 e. The average molecular weight is 176 g/mol. The molecular weight excluding hydrogens is 164 g/mol. The summed E-state index contributed by atoms with van der Waals surface area (Å²) in [5, 5.41) is 0. The lowest BCUT2D eigenvalue weighted by atomic mass is 9.79. The fraction of sp³-hybridized carbons (Fsp3) is 0.364. The summed E-state index contributed by atoms with van der Waals surface area (Å²) < 4.78 is 5.04. The van der Waals surface area contributed by atoms with Crippen molar-refractivity contribution in [1.82, 2.24) is 0 Å². The van der Waals surface area contributed by atoms with Crippen LogP contribution in [-0.4, -0.2) is 12.9 Å². The van der Waals surface area contributed by atoms with Gasteiger partial charge in [-0.1, -0.05) is 12.1 Å². The quantitative estimate of drug-likeness (QED) is 0.690. The lowest BCUT2D eigenvalue weighted by Gasteiger charge is -2.24. The normalized spacial score (nSPS) is 21.0. The third-order valence-corrected chi connectivity index (χ3v) is 2.59. The van der Waals surface area contributed by atoms with E-state index in [-0.39, 0.29) is 5.92 Å². The molecule has 0 spiro atoms. The number of carbonyl (C=O) groups is 1. The Labute approximate surface area is 77.5 Å². The predicted octanol–water partition coefficient (Wildman–Crippen LogP) is 2.14. The smallest absolute Gasteiger partial charge is 0.140 e.